The van der Waals surface area contributed by atoms with Crippen LogP contribution in [0.2, 0.25) is 0 Å². The van der Waals surface area contributed by atoms with Gasteiger partial charge in [0.25, 0.3) is 0 Å². The Morgan fingerprint density at radius 1 is 1.00 bits per heavy atom. The number of rotatable bonds is 3. The van der Waals surface area contributed by atoms with E-state index in [1.807, 2.05) is 32.8 Å². The molecule has 0 bridgehead atoms. The topological polar surface area (TPSA) is 41.6 Å². The lowest BCUT2D eigenvalue weighted by molar-refractivity contribution is -0.140. The third-order valence-corrected chi connectivity index (χ3v) is 4.90. The van der Waals surface area contributed by atoms with Crippen LogP contribution in [-0.2, 0) is 9.53 Å². The summed E-state index contributed by atoms with van der Waals surface area (Å²) >= 11 is 0. The summed E-state index contributed by atoms with van der Waals surface area (Å²) < 4.78 is 5.43. The maximum Gasteiger partial charge on any atom is 0.227 e. The van der Waals surface area contributed by atoms with Gasteiger partial charge in [-0.2, -0.15) is 0 Å². The van der Waals surface area contributed by atoms with E-state index in [9.17, 15) is 4.79 Å². The van der Waals surface area contributed by atoms with Gasteiger partial charge in [-0.15, -0.1) is 0 Å². The van der Waals surface area contributed by atoms with Crippen molar-refractivity contribution in [3.05, 3.63) is 0 Å². The molecule has 1 aliphatic heterocycles. The Hall–Kier alpha value is -0.610. The summed E-state index contributed by atoms with van der Waals surface area (Å²) in [4.78, 5) is 14.3. The van der Waals surface area contributed by atoms with Crippen LogP contribution in [-0.4, -0.2) is 49.2 Å². The molecule has 0 aromatic carbocycles. The highest BCUT2D eigenvalue weighted by molar-refractivity contribution is 5.81. The van der Waals surface area contributed by atoms with Crippen LogP contribution in [0, 0.1) is 5.41 Å². The predicted octanol–water partition coefficient (Wildman–Crippen LogP) is 2.57. The molecule has 1 aliphatic carbocycles. The summed E-state index contributed by atoms with van der Waals surface area (Å²) in [5.41, 5.74) is -0.251. The summed E-state index contributed by atoms with van der Waals surface area (Å²) in [5.74, 6) is 0.293. The molecule has 0 aromatic rings. The van der Waals surface area contributed by atoms with Gasteiger partial charge >= 0.3 is 0 Å². The van der Waals surface area contributed by atoms with Crippen molar-refractivity contribution in [1.82, 2.24) is 10.2 Å². The standard InChI is InChI=1S/C17H32N2O2/c1-17(2,3)16(20)19-11-9-14(10-12-19)18-13-5-7-15(21-4)8-6-13/h13-15,18H,5-12H2,1-4H3. The highest BCUT2D eigenvalue weighted by atomic mass is 16.5. The lowest BCUT2D eigenvalue weighted by Crippen LogP contribution is -2.50. The SMILES string of the molecule is COC1CCC(NC2CCN(C(=O)C(C)(C)C)CC2)CC1. The third-order valence-electron chi connectivity index (χ3n) is 4.90. The molecule has 122 valence electrons. The minimum atomic E-state index is -0.251. The minimum Gasteiger partial charge on any atom is -0.381 e. The summed E-state index contributed by atoms with van der Waals surface area (Å²) in [6, 6.07) is 1.23. The smallest absolute Gasteiger partial charge is 0.227 e. The van der Waals surface area contributed by atoms with Crippen LogP contribution in [0.5, 0.6) is 0 Å². The van der Waals surface area contributed by atoms with E-state index >= 15 is 0 Å². The number of amides is 1. The number of carbonyl (C=O) groups excluding carboxylic acids is 1. The van der Waals surface area contributed by atoms with Crippen molar-refractivity contribution in [3.8, 4) is 0 Å². The largest absolute Gasteiger partial charge is 0.381 e. The zero-order valence-corrected chi connectivity index (χ0v) is 14.2. The molecule has 21 heavy (non-hydrogen) atoms. The fourth-order valence-electron chi connectivity index (χ4n) is 3.52. The fraction of sp³-hybridized carbons (Fsp3) is 0.941. The summed E-state index contributed by atoms with van der Waals surface area (Å²) in [6.45, 7) is 7.83. The minimum absolute atomic E-state index is 0.251. The number of methoxy groups -OCH3 is 1. The van der Waals surface area contributed by atoms with Crippen molar-refractivity contribution >= 4 is 5.91 Å². The lowest BCUT2D eigenvalue weighted by atomic mass is 9.90. The van der Waals surface area contributed by atoms with Gasteiger partial charge in [0, 0.05) is 37.7 Å². The number of ether oxygens (including phenoxy) is 1. The Morgan fingerprint density at radius 3 is 2.00 bits per heavy atom. The molecule has 0 unspecified atom stereocenters. The Labute approximate surface area is 129 Å². The molecular weight excluding hydrogens is 264 g/mol. The van der Waals surface area contributed by atoms with E-state index in [1.165, 1.54) is 25.7 Å². The van der Waals surface area contributed by atoms with Gasteiger partial charge in [-0.3, -0.25) is 4.79 Å². The normalized spacial score (nSPS) is 28.7. The molecule has 1 amide bonds. The van der Waals surface area contributed by atoms with Crippen molar-refractivity contribution in [2.24, 2.45) is 5.41 Å². The summed E-state index contributed by atoms with van der Waals surface area (Å²) in [5, 5.41) is 3.81. The molecule has 2 aliphatic rings. The molecule has 1 N–H and O–H groups in total. The van der Waals surface area contributed by atoms with Crippen LogP contribution in [0.3, 0.4) is 0 Å². The number of hydrogen-bond acceptors (Lipinski definition) is 3. The number of piperidine rings is 1. The molecule has 0 aromatic heterocycles. The molecule has 0 radical (unpaired) electrons. The van der Waals surface area contributed by atoms with Crippen molar-refractivity contribution in [1.29, 1.82) is 0 Å². The van der Waals surface area contributed by atoms with Gasteiger partial charge in [0.05, 0.1) is 6.10 Å². The molecule has 0 spiro atoms. The molecule has 4 heteroatoms. The maximum atomic E-state index is 12.3. The molecule has 1 saturated heterocycles. The van der Waals surface area contributed by atoms with Crippen LogP contribution < -0.4 is 5.32 Å². The van der Waals surface area contributed by atoms with E-state index < -0.39 is 0 Å². The average Bonchev–Trinajstić information content (AvgIpc) is 2.47. The number of likely N-dealkylation sites (tertiary alicyclic amines) is 1. The Kier molecular flexibility index (Phi) is 5.67. The molecule has 1 heterocycles. The monoisotopic (exact) mass is 296 g/mol. The molecule has 2 fully saturated rings. The van der Waals surface area contributed by atoms with Crippen LogP contribution in [0.25, 0.3) is 0 Å². The highest BCUT2D eigenvalue weighted by Gasteiger charge is 2.31. The first-order chi connectivity index (χ1) is 9.90. The highest BCUT2D eigenvalue weighted by Crippen LogP contribution is 2.24. The van der Waals surface area contributed by atoms with Gasteiger partial charge in [-0.05, 0) is 38.5 Å². The molecule has 1 saturated carbocycles. The predicted molar refractivity (Wildman–Crippen MR) is 85.2 cm³/mol. The lowest BCUT2D eigenvalue weighted by Gasteiger charge is -2.38. The zero-order valence-electron chi connectivity index (χ0n) is 14.2. The van der Waals surface area contributed by atoms with Crippen LogP contribution in [0.15, 0.2) is 0 Å². The Bertz CT molecular complexity index is 335. The summed E-state index contributed by atoms with van der Waals surface area (Å²) in [7, 11) is 1.82. The first kappa shape index (κ1) is 16.8. The molecule has 4 nitrogen and oxygen atoms in total. The van der Waals surface area contributed by atoms with Crippen LogP contribution in [0.1, 0.15) is 59.3 Å². The fourth-order valence-corrected chi connectivity index (χ4v) is 3.52. The second-order valence-corrected chi connectivity index (χ2v) is 7.69. The first-order valence-corrected chi connectivity index (χ1v) is 8.48. The number of hydrogen-bond donors (Lipinski definition) is 1. The van der Waals surface area contributed by atoms with Crippen molar-refractivity contribution in [2.75, 3.05) is 20.2 Å². The van der Waals surface area contributed by atoms with Crippen LogP contribution in [0.4, 0.5) is 0 Å². The van der Waals surface area contributed by atoms with Gasteiger partial charge in [0.2, 0.25) is 5.91 Å². The quantitative estimate of drug-likeness (QED) is 0.870. The molecule has 0 atom stereocenters. The average molecular weight is 296 g/mol. The van der Waals surface area contributed by atoms with Gasteiger partial charge in [-0.25, -0.2) is 0 Å². The molecular formula is C17H32N2O2. The summed E-state index contributed by atoms with van der Waals surface area (Å²) in [6.07, 6.45) is 7.44. The van der Waals surface area contributed by atoms with E-state index in [0.717, 1.165) is 25.9 Å². The first-order valence-electron chi connectivity index (χ1n) is 8.48. The van der Waals surface area contributed by atoms with E-state index in [-0.39, 0.29) is 5.41 Å². The zero-order chi connectivity index (χ0) is 15.5. The van der Waals surface area contributed by atoms with E-state index in [1.54, 1.807) is 0 Å². The van der Waals surface area contributed by atoms with Crippen molar-refractivity contribution in [3.63, 3.8) is 0 Å². The van der Waals surface area contributed by atoms with Gasteiger partial charge in [-0.1, -0.05) is 20.8 Å². The number of nitrogens with zero attached hydrogens (tertiary/aromatic N) is 1. The van der Waals surface area contributed by atoms with Crippen molar-refractivity contribution < 1.29 is 9.53 Å². The maximum absolute atomic E-state index is 12.3. The number of carbonyl (C=O) groups is 1. The second-order valence-electron chi connectivity index (χ2n) is 7.69. The third kappa shape index (κ3) is 4.68. The van der Waals surface area contributed by atoms with Crippen LogP contribution >= 0.6 is 0 Å². The van der Waals surface area contributed by atoms with Crippen molar-refractivity contribution in [2.45, 2.75) is 77.5 Å². The van der Waals surface area contributed by atoms with Gasteiger partial charge < -0.3 is 15.0 Å². The van der Waals surface area contributed by atoms with Gasteiger partial charge in [0.15, 0.2) is 0 Å². The number of nitrogens with one attached hydrogen (secondary N) is 1. The van der Waals surface area contributed by atoms with E-state index in [4.69, 9.17) is 4.74 Å². The Morgan fingerprint density at radius 2 is 1.52 bits per heavy atom. The second kappa shape index (κ2) is 7.10. The van der Waals surface area contributed by atoms with E-state index in [0.29, 0.717) is 24.1 Å². The van der Waals surface area contributed by atoms with Gasteiger partial charge in [0.1, 0.15) is 0 Å². The Balaban J connectivity index is 1.71. The molecule has 2 rings (SSSR count). The van der Waals surface area contributed by atoms with E-state index in [2.05, 4.69) is 5.32 Å².